The van der Waals surface area contributed by atoms with E-state index in [1.807, 2.05) is 0 Å². The molecular formula is C11H16ClN3. The van der Waals surface area contributed by atoms with Crippen molar-refractivity contribution in [2.75, 3.05) is 20.1 Å². The quantitative estimate of drug-likeness (QED) is 0.771. The fraction of sp³-hybridized carbons (Fsp3) is 0.636. The number of piperidine rings is 1. The molecule has 0 radical (unpaired) electrons. The Morgan fingerprint density at radius 3 is 3.00 bits per heavy atom. The summed E-state index contributed by atoms with van der Waals surface area (Å²) in [5.41, 5.74) is 0.944. The lowest BCUT2D eigenvalue weighted by Gasteiger charge is -2.29. The molecule has 0 aliphatic carbocycles. The van der Waals surface area contributed by atoms with Crippen LogP contribution in [0.15, 0.2) is 12.4 Å². The second-order valence-electron chi connectivity index (χ2n) is 4.27. The van der Waals surface area contributed by atoms with Gasteiger partial charge in [-0.05, 0) is 38.8 Å². The molecular weight excluding hydrogens is 210 g/mol. The number of rotatable bonds is 2. The molecule has 0 N–H and O–H groups in total. The summed E-state index contributed by atoms with van der Waals surface area (Å²) in [7, 11) is 2.17. The molecule has 1 aliphatic heterocycles. The zero-order valence-corrected chi connectivity index (χ0v) is 9.74. The second kappa shape index (κ2) is 4.90. The van der Waals surface area contributed by atoms with E-state index in [0.717, 1.165) is 18.7 Å². The van der Waals surface area contributed by atoms with Gasteiger partial charge in [-0.15, -0.1) is 0 Å². The van der Waals surface area contributed by atoms with E-state index in [9.17, 15) is 0 Å². The van der Waals surface area contributed by atoms with Crippen LogP contribution >= 0.6 is 11.6 Å². The molecule has 1 fully saturated rings. The van der Waals surface area contributed by atoms with E-state index in [1.165, 1.54) is 19.4 Å². The van der Waals surface area contributed by atoms with Gasteiger partial charge in [0, 0.05) is 18.9 Å². The number of hydrogen-bond acceptors (Lipinski definition) is 3. The van der Waals surface area contributed by atoms with Crippen molar-refractivity contribution in [2.24, 2.45) is 5.92 Å². The lowest BCUT2D eigenvalue weighted by Crippen LogP contribution is -2.33. The Hall–Kier alpha value is -0.670. The van der Waals surface area contributed by atoms with Gasteiger partial charge in [0.1, 0.15) is 5.15 Å². The minimum Gasteiger partial charge on any atom is -0.306 e. The number of aromatic nitrogens is 2. The third kappa shape index (κ3) is 2.89. The van der Waals surface area contributed by atoms with Gasteiger partial charge in [-0.3, -0.25) is 4.98 Å². The van der Waals surface area contributed by atoms with Crippen molar-refractivity contribution in [3.63, 3.8) is 0 Å². The molecule has 1 aromatic rings. The first-order chi connectivity index (χ1) is 7.25. The fourth-order valence-corrected chi connectivity index (χ4v) is 2.38. The number of halogens is 1. The van der Waals surface area contributed by atoms with Crippen LogP contribution in [0.1, 0.15) is 18.5 Å². The van der Waals surface area contributed by atoms with Crippen LogP contribution in [0.4, 0.5) is 0 Å². The highest BCUT2D eigenvalue weighted by Crippen LogP contribution is 2.21. The zero-order chi connectivity index (χ0) is 10.7. The molecule has 15 heavy (non-hydrogen) atoms. The summed E-state index contributed by atoms with van der Waals surface area (Å²) >= 11 is 5.99. The monoisotopic (exact) mass is 225 g/mol. The molecule has 0 bridgehead atoms. The molecule has 0 saturated carbocycles. The van der Waals surface area contributed by atoms with Gasteiger partial charge in [0.2, 0.25) is 0 Å². The van der Waals surface area contributed by atoms with Gasteiger partial charge >= 0.3 is 0 Å². The van der Waals surface area contributed by atoms with E-state index in [4.69, 9.17) is 11.6 Å². The Morgan fingerprint density at radius 1 is 1.47 bits per heavy atom. The van der Waals surface area contributed by atoms with E-state index < -0.39 is 0 Å². The maximum absolute atomic E-state index is 5.99. The van der Waals surface area contributed by atoms with Crippen molar-refractivity contribution < 1.29 is 0 Å². The zero-order valence-electron chi connectivity index (χ0n) is 8.99. The number of hydrogen-bond donors (Lipinski definition) is 0. The largest absolute Gasteiger partial charge is 0.306 e. The highest BCUT2D eigenvalue weighted by molar-refractivity contribution is 6.29. The van der Waals surface area contributed by atoms with Crippen LogP contribution in [-0.4, -0.2) is 35.0 Å². The molecule has 2 rings (SSSR count). The van der Waals surface area contributed by atoms with Gasteiger partial charge in [-0.1, -0.05) is 11.6 Å². The molecule has 1 aliphatic rings. The van der Waals surface area contributed by atoms with Crippen molar-refractivity contribution in [1.82, 2.24) is 14.9 Å². The molecule has 0 aromatic carbocycles. The van der Waals surface area contributed by atoms with Gasteiger partial charge < -0.3 is 4.90 Å². The summed E-state index contributed by atoms with van der Waals surface area (Å²) in [4.78, 5) is 10.7. The molecule has 0 amide bonds. The van der Waals surface area contributed by atoms with Gasteiger partial charge in [0.25, 0.3) is 0 Å². The fourth-order valence-electron chi connectivity index (χ4n) is 2.20. The summed E-state index contributed by atoms with van der Waals surface area (Å²) in [5, 5.41) is 0.561. The van der Waals surface area contributed by atoms with Gasteiger partial charge in [-0.2, -0.15) is 0 Å². The highest BCUT2D eigenvalue weighted by Gasteiger charge is 2.19. The van der Waals surface area contributed by atoms with E-state index >= 15 is 0 Å². The Bertz CT molecular complexity index is 329. The molecule has 1 aromatic heterocycles. The molecule has 2 heterocycles. The minimum atomic E-state index is 0.561. The number of nitrogens with zero attached hydrogens (tertiary/aromatic N) is 3. The Kier molecular flexibility index (Phi) is 3.54. The smallest absolute Gasteiger partial charge is 0.150 e. The standard InChI is InChI=1S/C11H16ClN3/c1-15-6-2-3-9(8-15)7-10-11(12)14-5-4-13-10/h4-5,9H,2-3,6-8H2,1H3/t9-/m1/s1. The summed E-state index contributed by atoms with van der Waals surface area (Å²) in [5.74, 6) is 0.679. The van der Waals surface area contributed by atoms with Crippen molar-refractivity contribution >= 4 is 11.6 Å². The van der Waals surface area contributed by atoms with Crippen molar-refractivity contribution in [3.05, 3.63) is 23.2 Å². The Labute approximate surface area is 95.5 Å². The molecule has 0 unspecified atom stereocenters. The third-order valence-electron chi connectivity index (χ3n) is 2.93. The maximum Gasteiger partial charge on any atom is 0.150 e. The summed E-state index contributed by atoms with van der Waals surface area (Å²) in [6.45, 7) is 2.36. The van der Waals surface area contributed by atoms with E-state index in [2.05, 4.69) is 21.9 Å². The SMILES string of the molecule is CN1CCC[C@H](Cc2nccnc2Cl)C1. The Morgan fingerprint density at radius 2 is 2.27 bits per heavy atom. The summed E-state index contributed by atoms with van der Waals surface area (Å²) < 4.78 is 0. The first-order valence-electron chi connectivity index (χ1n) is 5.39. The van der Waals surface area contributed by atoms with Crippen LogP contribution in [0, 0.1) is 5.92 Å². The molecule has 1 saturated heterocycles. The van der Waals surface area contributed by atoms with Crippen LogP contribution in [0.2, 0.25) is 5.15 Å². The van der Waals surface area contributed by atoms with Crippen molar-refractivity contribution in [2.45, 2.75) is 19.3 Å². The lowest BCUT2D eigenvalue weighted by atomic mass is 9.94. The van der Waals surface area contributed by atoms with Crippen LogP contribution < -0.4 is 0 Å². The van der Waals surface area contributed by atoms with Crippen molar-refractivity contribution in [1.29, 1.82) is 0 Å². The number of likely N-dealkylation sites (tertiary alicyclic amines) is 1. The second-order valence-corrected chi connectivity index (χ2v) is 4.63. The lowest BCUT2D eigenvalue weighted by molar-refractivity contribution is 0.208. The molecule has 0 spiro atoms. The first kappa shape index (κ1) is 10.8. The predicted molar refractivity (Wildman–Crippen MR) is 61.0 cm³/mol. The molecule has 3 nitrogen and oxygen atoms in total. The predicted octanol–water partition coefficient (Wildman–Crippen LogP) is 2.01. The van der Waals surface area contributed by atoms with Crippen LogP contribution in [0.3, 0.4) is 0 Å². The van der Waals surface area contributed by atoms with Gasteiger partial charge in [-0.25, -0.2) is 4.98 Å². The third-order valence-corrected chi connectivity index (χ3v) is 3.24. The van der Waals surface area contributed by atoms with E-state index in [0.29, 0.717) is 11.1 Å². The van der Waals surface area contributed by atoms with Gasteiger partial charge in [0.15, 0.2) is 0 Å². The highest BCUT2D eigenvalue weighted by atomic mass is 35.5. The summed E-state index contributed by atoms with van der Waals surface area (Å²) in [6.07, 6.45) is 6.86. The average molecular weight is 226 g/mol. The topological polar surface area (TPSA) is 29.0 Å². The summed E-state index contributed by atoms with van der Waals surface area (Å²) in [6, 6.07) is 0. The first-order valence-corrected chi connectivity index (χ1v) is 5.77. The Balaban J connectivity index is 1.99. The van der Waals surface area contributed by atoms with E-state index in [1.54, 1.807) is 12.4 Å². The molecule has 1 atom stereocenters. The van der Waals surface area contributed by atoms with Crippen LogP contribution in [0.5, 0.6) is 0 Å². The normalized spacial score (nSPS) is 22.9. The maximum atomic E-state index is 5.99. The van der Waals surface area contributed by atoms with Gasteiger partial charge in [0.05, 0.1) is 5.69 Å². The van der Waals surface area contributed by atoms with Crippen LogP contribution in [-0.2, 0) is 6.42 Å². The minimum absolute atomic E-state index is 0.561. The molecule has 4 heteroatoms. The van der Waals surface area contributed by atoms with Crippen LogP contribution in [0.25, 0.3) is 0 Å². The van der Waals surface area contributed by atoms with E-state index in [-0.39, 0.29) is 0 Å². The van der Waals surface area contributed by atoms with Crippen molar-refractivity contribution in [3.8, 4) is 0 Å². The average Bonchev–Trinajstić information content (AvgIpc) is 2.22. The molecule has 82 valence electrons.